The van der Waals surface area contributed by atoms with Gasteiger partial charge in [0.15, 0.2) is 0 Å². The summed E-state index contributed by atoms with van der Waals surface area (Å²) in [6.45, 7) is 5.53. The molecule has 2 N–H and O–H groups in total. The van der Waals surface area contributed by atoms with Crippen LogP contribution in [0, 0.1) is 25.2 Å². The van der Waals surface area contributed by atoms with Crippen molar-refractivity contribution in [2.24, 2.45) is 0 Å². The van der Waals surface area contributed by atoms with Gasteiger partial charge >= 0.3 is 0 Å². The number of carbonyl (C=O) groups excluding carboxylic acids is 1. The van der Waals surface area contributed by atoms with Crippen LogP contribution in [0.1, 0.15) is 23.4 Å². The quantitative estimate of drug-likeness (QED) is 0.585. The Morgan fingerprint density at radius 2 is 2.12 bits per heavy atom. The molecule has 0 aliphatic carbocycles. The number of aryl methyl sites for hydroxylation is 2. The number of hydrogen-bond donors (Lipinski definition) is 2. The van der Waals surface area contributed by atoms with E-state index < -0.39 is 12.1 Å². The molecule has 4 rings (SSSR count). The molecule has 1 aliphatic heterocycles. The van der Waals surface area contributed by atoms with Gasteiger partial charge in [0.05, 0.1) is 35.7 Å². The third-order valence-electron chi connectivity index (χ3n) is 6.17. The molecule has 3 aromatic rings. The molecule has 0 unspecified atom stereocenters. The van der Waals surface area contributed by atoms with Crippen LogP contribution in [0.5, 0.6) is 0 Å². The average molecular weight is 462 g/mol. The largest absolute Gasteiger partial charge is 0.379 e. The van der Waals surface area contributed by atoms with Crippen LogP contribution in [0.15, 0.2) is 42.7 Å². The van der Waals surface area contributed by atoms with E-state index >= 15 is 0 Å². The Balaban J connectivity index is 1.39. The van der Waals surface area contributed by atoms with E-state index in [2.05, 4.69) is 38.4 Å². The molecule has 1 saturated heterocycles. The van der Waals surface area contributed by atoms with Crippen LogP contribution in [0.4, 0.5) is 0 Å². The molecule has 0 spiro atoms. The number of hydrogen-bond acceptors (Lipinski definition) is 6. The van der Waals surface area contributed by atoms with Gasteiger partial charge in [-0.2, -0.15) is 5.26 Å². The van der Waals surface area contributed by atoms with Gasteiger partial charge in [-0.25, -0.2) is 0 Å². The Kier molecular flexibility index (Phi) is 7.58. The summed E-state index contributed by atoms with van der Waals surface area (Å²) in [6, 6.07) is 11.8. The van der Waals surface area contributed by atoms with Gasteiger partial charge in [0.1, 0.15) is 12.1 Å². The topological polar surface area (TPSA) is 101 Å². The zero-order chi connectivity index (χ0) is 24.1. The summed E-state index contributed by atoms with van der Waals surface area (Å²) in [6.07, 6.45) is 4.67. The molecule has 1 aromatic carbocycles. The highest BCUT2D eigenvalue weighted by molar-refractivity contribution is 5.81. The van der Waals surface area contributed by atoms with Crippen LogP contribution in [0.25, 0.3) is 16.6 Å². The summed E-state index contributed by atoms with van der Waals surface area (Å²) in [5, 5.41) is 15.7. The third-order valence-corrected chi connectivity index (χ3v) is 6.17. The Hall–Kier alpha value is -3.25. The van der Waals surface area contributed by atoms with Crippen LogP contribution < -0.4 is 10.6 Å². The van der Waals surface area contributed by atoms with Crippen molar-refractivity contribution in [3.05, 3.63) is 59.7 Å². The maximum atomic E-state index is 12.7. The lowest BCUT2D eigenvalue weighted by molar-refractivity contribution is -0.136. The average Bonchev–Trinajstić information content (AvgIpc) is 3.23. The lowest BCUT2D eigenvalue weighted by Crippen LogP contribution is -2.49. The van der Waals surface area contributed by atoms with Crippen LogP contribution in [-0.4, -0.2) is 60.3 Å². The smallest absolute Gasteiger partial charge is 0.251 e. The molecule has 8 heteroatoms. The van der Waals surface area contributed by atoms with E-state index in [0.717, 1.165) is 46.6 Å². The van der Waals surface area contributed by atoms with Crippen molar-refractivity contribution in [1.29, 1.82) is 5.26 Å². The highest BCUT2D eigenvalue weighted by atomic mass is 16.5. The molecule has 34 heavy (non-hydrogen) atoms. The summed E-state index contributed by atoms with van der Waals surface area (Å²) in [4.78, 5) is 17.3. The Bertz CT molecular complexity index is 1180. The summed E-state index contributed by atoms with van der Waals surface area (Å²) in [5.41, 5.74) is 6.23. The van der Waals surface area contributed by atoms with Crippen molar-refractivity contribution >= 4 is 11.4 Å². The van der Waals surface area contributed by atoms with Gasteiger partial charge in [0, 0.05) is 38.0 Å². The molecule has 3 atom stereocenters. The highest BCUT2D eigenvalue weighted by Crippen LogP contribution is 2.25. The van der Waals surface area contributed by atoms with Crippen LogP contribution in [0.3, 0.4) is 0 Å². The molecule has 2 aromatic heterocycles. The van der Waals surface area contributed by atoms with Crippen LogP contribution >= 0.6 is 0 Å². The van der Waals surface area contributed by atoms with Gasteiger partial charge < -0.3 is 24.5 Å². The molecule has 0 radical (unpaired) electrons. The molecule has 1 fully saturated rings. The van der Waals surface area contributed by atoms with E-state index in [4.69, 9.17) is 9.47 Å². The molecule has 178 valence electrons. The third kappa shape index (κ3) is 5.62. The van der Waals surface area contributed by atoms with Crippen LogP contribution in [0.2, 0.25) is 0 Å². The highest BCUT2D eigenvalue weighted by Gasteiger charge is 2.25. The summed E-state index contributed by atoms with van der Waals surface area (Å²) < 4.78 is 13.2. The molecular weight excluding hydrogens is 430 g/mol. The minimum Gasteiger partial charge on any atom is -0.379 e. The maximum absolute atomic E-state index is 12.7. The van der Waals surface area contributed by atoms with E-state index in [9.17, 15) is 10.1 Å². The summed E-state index contributed by atoms with van der Waals surface area (Å²) in [7, 11) is 1.64. The molecule has 1 amide bonds. The van der Waals surface area contributed by atoms with E-state index in [1.165, 1.54) is 0 Å². The van der Waals surface area contributed by atoms with Gasteiger partial charge in [-0.05, 0) is 44.0 Å². The predicted molar refractivity (Wildman–Crippen MR) is 129 cm³/mol. The van der Waals surface area contributed by atoms with E-state index in [1.807, 2.05) is 44.3 Å². The van der Waals surface area contributed by atoms with Crippen LogP contribution in [-0.2, 0) is 20.7 Å². The number of nitrogens with one attached hydrogen (secondary N) is 2. The van der Waals surface area contributed by atoms with Gasteiger partial charge in [-0.3, -0.25) is 9.78 Å². The minimum atomic E-state index is -0.651. The number of aromatic nitrogens is 2. The van der Waals surface area contributed by atoms with Crippen molar-refractivity contribution in [3.8, 4) is 17.2 Å². The number of amides is 1. The van der Waals surface area contributed by atoms with Crippen molar-refractivity contribution < 1.29 is 14.3 Å². The Morgan fingerprint density at radius 3 is 2.85 bits per heavy atom. The number of nitriles is 1. The summed E-state index contributed by atoms with van der Waals surface area (Å²) >= 11 is 0. The normalized spacial score (nSPS) is 19.7. The van der Waals surface area contributed by atoms with Gasteiger partial charge in [0.25, 0.3) is 5.91 Å². The molecule has 0 saturated carbocycles. The monoisotopic (exact) mass is 461 g/mol. The van der Waals surface area contributed by atoms with E-state index in [1.54, 1.807) is 7.11 Å². The summed E-state index contributed by atoms with van der Waals surface area (Å²) in [5.74, 6) is -0.285. The second kappa shape index (κ2) is 10.8. The van der Waals surface area contributed by atoms with Crippen molar-refractivity contribution in [1.82, 2.24) is 20.0 Å². The van der Waals surface area contributed by atoms with Crippen molar-refractivity contribution in [3.63, 3.8) is 0 Å². The first-order valence-electron chi connectivity index (χ1n) is 11.6. The SMILES string of the molecule is CO[C@@H]1CCNC[C@@H](C(=O)N[C@H](C#N)Cc2ccc(-c3cc4c(C)nc(C)cn4c3)cc2)OC1. The fourth-order valence-electron chi connectivity index (χ4n) is 4.27. The fourth-order valence-corrected chi connectivity index (χ4v) is 4.27. The van der Waals surface area contributed by atoms with Crippen molar-refractivity contribution in [2.75, 3.05) is 26.8 Å². The first-order valence-corrected chi connectivity index (χ1v) is 11.6. The number of nitrogens with zero attached hydrogens (tertiary/aromatic N) is 3. The second-order valence-electron chi connectivity index (χ2n) is 8.75. The molecule has 1 aliphatic rings. The van der Waals surface area contributed by atoms with Gasteiger partial charge in [-0.15, -0.1) is 0 Å². The van der Waals surface area contributed by atoms with Gasteiger partial charge in [-0.1, -0.05) is 24.3 Å². The molecule has 3 heterocycles. The number of carbonyl (C=O) groups is 1. The lowest BCUT2D eigenvalue weighted by atomic mass is 10.0. The first kappa shape index (κ1) is 23.9. The number of rotatable bonds is 6. The number of benzene rings is 1. The zero-order valence-corrected chi connectivity index (χ0v) is 19.9. The zero-order valence-electron chi connectivity index (χ0n) is 19.9. The molecule has 8 nitrogen and oxygen atoms in total. The van der Waals surface area contributed by atoms with E-state index in [0.29, 0.717) is 19.6 Å². The number of fused-ring (bicyclic) bond motifs is 1. The maximum Gasteiger partial charge on any atom is 0.251 e. The predicted octanol–water partition coefficient (Wildman–Crippen LogP) is 2.56. The van der Waals surface area contributed by atoms with Gasteiger partial charge in [0.2, 0.25) is 0 Å². The standard InChI is InChI=1S/C26H31N5O3/c1-17-14-31-15-21(11-24(31)18(2)29-17)20-6-4-19(5-7-20)10-22(12-27)30-26(32)25-13-28-9-8-23(33-3)16-34-25/h4-7,11,14-15,22-23,25,28H,8-10,13,16H2,1-3H3,(H,30,32)/t22-,23+,25-/m0/s1. The minimum absolute atomic E-state index is 0.0454. The first-order chi connectivity index (χ1) is 16.5. The second-order valence-corrected chi connectivity index (χ2v) is 8.75. The lowest BCUT2D eigenvalue weighted by Gasteiger charge is -2.25. The van der Waals surface area contributed by atoms with Crippen molar-refractivity contribution in [2.45, 2.75) is 44.9 Å². The molecule has 0 bridgehead atoms. The number of methoxy groups -OCH3 is 1. The van der Waals surface area contributed by atoms with E-state index in [-0.39, 0.29) is 12.0 Å². The molecular formula is C26H31N5O3. The fraction of sp³-hybridized carbons (Fsp3) is 0.423. The number of ether oxygens (including phenoxy) is 2. The Labute approximate surface area is 199 Å². The Morgan fingerprint density at radius 1 is 1.32 bits per heavy atom.